The van der Waals surface area contributed by atoms with E-state index in [4.69, 9.17) is 15.6 Å². The van der Waals surface area contributed by atoms with Gasteiger partial charge in [-0.25, -0.2) is 29.7 Å². The van der Waals surface area contributed by atoms with Gasteiger partial charge in [-0.2, -0.15) is 13.2 Å². The quantitative estimate of drug-likeness (QED) is 0.324. The van der Waals surface area contributed by atoms with Crippen molar-refractivity contribution in [2.75, 3.05) is 60.2 Å². The predicted octanol–water partition coefficient (Wildman–Crippen LogP) is 2.65. The summed E-state index contributed by atoms with van der Waals surface area (Å²) in [6, 6.07) is 3.42. The lowest BCUT2D eigenvalue weighted by atomic mass is 9.89. The Kier molecular flexibility index (Phi) is 8.16. The van der Waals surface area contributed by atoms with Crippen molar-refractivity contribution in [3.63, 3.8) is 0 Å². The molecule has 0 aromatic carbocycles. The normalized spacial score (nSPS) is 16.9. The van der Waals surface area contributed by atoms with Gasteiger partial charge in [0.15, 0.2) is 17.3 Å². The molecule has 0 aliphatic carbocycles. The number of nitrogens with two attached hydrogens (primary N) is 1. The standard InChI is InChI=1S/C26H29F3N10O4/c1-25(37-24(41)42)4-7-38(8-5-25)17-3-2-6-31-21(17)36-22(40)19-20(30)32-14-16(34-19)18-15(26(27,28)29)13-33-23(35-18)39-9-11-43-12-10-39/h2-3,6,13-14,37H,4-5,7-12H2,1H3,(H2,30,32)(H,41,42)(H,31,36,40). The van der Waals surface area contributed by atoms with Gasteiger partial charge in [0.05, 0.1) is 25.1 Å². The van der Waals surface area contributed by atoms with Crippen LogP contribution in [0.1, 0.15) is 35.8 Å². The fraction of sp³-hybridized carbons (Fsp3) is 0.423. The van der Waals surface area contributed by atoms with Gasteiger partial charge in [-0.3, -0.25) is 4.79 Å². The Labute approximate surface area is 243 Å². The van der Waals surface area contributed by atoms with Crippen molar-refractivity contribution >= 4 is 35.3 Å². The van der Waals surface area contributed by atoms with E-state index in [2.05, 4.69) is 35.6 Å². The zero-order valence-electron chi connectivity index (χ0n) is 23.1. The van der Waals surface area contributed by atoms with Crippen LogP contribution in [-0.2, 0) is 10.9 Å². The van der Waals surface area contributed by atoms with E-state index in [-0.39, 0.29) is 23.3 Å². The van der Waals surface area contributed by atoms with E-state index in [9.17, 15) is 22.8 Å². The Balaban J connectivity index is 1.42. The van der Waals surface area contributed by atoms with E-state index >= 15 is 0 Å². The van der Waals surface area contributed by atoms with Crippen LogP contribution in [0, 0.1) is 0 Å². The third-order valence-corrected chi connectivity index (χ3v) is 7.27. The monoisotopic (exact) mass is 602 g/mol. The van der Waals surface area contributed by atoms with Crippen LogP contribution in [0.4, 0.5) is 41.2 Å². The molecular weight excluding hydrogens is 573 g/mol. The third-order valence-electron chi connectivity index (χ3n) is 7.27. The molecule has 5 heterocycles. The lowest BCUT2D eigenvalue weighted by Crippen LogP contribution is -2.53. The highest BCUT2D eigenvalue weighted by molar-refractivity contribution is 6.06. The molecule has 43 heavy (non-hydrogen) atoms. The maximum atomic E-state index is 14.0. The second kappa shape index (κ2) is 11.8. The van der Waals surface area contributed by atoms with Gasteiger partial charge in [-0.05, 0) is 31.9 Å². The highest BCUT2D eigenvalue weighted by Crippen LogP contribution is 2.36. The molecule has 2 fully saturated rings. The number of ether oxygens (including phenoxy) is 1. The summed E-state index contributed by atoms with van der Waals surface area (Å²) in [5.41, 5.74) is 3.50. The number of amides is 2. The molecule has 0 unspecified atom stereocenters. The second-order valence-corrected chi connectivity index (χ2v) is 10.3. The first-order valence-electron chi connectivity index (χ1n) is 13.4. The number of alkyl halides is 3. The summed E-state index contributed by atoms with van der Waals surface area (Å²) in [7, 11) is 0. The van der Waals surface area contributed by atoms with E-state index in [0.29, 0.717) is 64.1 Å². The first kappa shape index (κ1) is 29.7. The van der Waals surface area contributed by atoms with E-state index in [0.717, 1.165) is 6.20 Å². The maximum absolute atomic E-state index is 14.0. The summed E-state index contributed by atoms with van der Waals surface area (Å²) in [6.45, 7) is 4.30. The Morgan fingerprint density at radius 2 is 1.77 bits per heavy atom. The van der Waals surface area contributed by atoms with Crippen LogP contribution < -0.4 is 26.2 Å². The van der Waals surface area contributed by atoms with Crippen LogP contribution in [0.3, 0.4) is 0 Å². The van der Waals surface area contributed by atoms with Gasteiger partial charge in [0.2, 0.25) is 5.95 Å². The first-order valence-corrected chi connectivity index (χ1v) is 13.4. The zero-order chi connectivity index (χ0) is 30.8. The lowest BCUT2D eigenvalue weighted by molar-refractivity contribution is -0.137. The zero-order valence-corrected chi connectivity index (χ0v) is 23.1. The molecule has 3 aromatic rings. The molecule has 2 aliphatic rings. The van der Waals surface area contributed by atoms with E-state index in [1.165, 1.54) is 6.20 Å². The number of carbonyl (C=O) groups excluding carboxylic acids is 1. The average molecular weight is 603 g/mol. The van der Waals surface area contributed by atoms with Gasteiger partial charge < -0.3 is 36.0 Å². The minimum atomic E-state index is -4.81. The van der Waals surface area contributed by atoms with Gasteiger partial charge in [0, 0.05) is 44.1 Å². The largest absolute Gasteiger partial charge is 0.465 e. The predicted molar refractivity (Wildman–Crippen MR) is 149 cm³/mol. The van der Waals surface area contributed by atoms with Crippen molar-refractivity contribution in [3.05, 3.63) is 42.0 Å². The van der Waals surface area contributed by atoms with Crippen molar-refractivity contribution in [1.29, 1.82) is 0 Å². The van der Waals surface area contributed by atoms with Crippen molar-refractivity contribution in [2.24, 2.45) is 0 Å². The van der Waals surface area contributed by atoms with Gasteiger partial charge in [0.1, 0.15) is 17.0 Å². The molecule has 0 radical (unpaired) electrons. The number of carboxylic acid groups (broad SMARTS) is 1. The number of anilines is 4. The SMILES string of the molecule is CC1(NC(=O)O)CCN(c2cccnc2NC(=O)c2nc(-c3nc(N4CCOCC4)ncc3C(F)(F)F)cnc2N)CC1. The molecule has 0 spiro atoms. The molecule has 2 amide bonds. The van der Waals surface area contributed by atoms with Crippen LogP contribution in [0.25, 0.3) is 11.4 Å². The van der Waals surface area contributed by atoms with Gasteiger partial charge in [-0.15, -0.1) is 0 Å². The minimum Gasteiger partial charge on any atom is -0.465 e. The van der Waals surface area contributed by atoms with Gasteiger partial charge >= 0.3 is 12.3 Å². The van der Waals surface area contributed by atoms with Crippen molar-refractivity contribution in [1.82, 2.24) is 30.2 Å². The van der Waals surface area contributed by atoms with Crippen LogP contribution in [0.2, 0.25) is 0 Å². The number of halogens is 3. The Hall–Kier alpha value is -4.80. The van der Waals surface area contributed by atoms with Crippen molar-refractivity contribution < 1.29 is 32.6 Å². The smallest absolute Gasteiger partial charge is 0.420 e. The third kappa shape index (κ3) is 6.66. The number of hydrogen-bond acceptors (Lipinski definition) is 11. The van der Waals surface area contributed by atoms with Gasteiger partial charge in [-0.1, -0.05) is 0 Å². The summed E-state index contributed by atoms with van der Waals surface area (Å²) in [4.78, 5) is 48.6. The van der Waals surface area contributed by atoms with Crippen LogP contribution in [0.15, 0.2) is 30.7 Å². The summed E-state index contributed by atoms with van der Waals surface area (Å²) < 4.78 is 47.2. The molecule has 0 saturated carbocycles. The minimum absolute atomic E-state index is 0.0604. The van der Waals surface area contributed by atoms with Crippen molar-refractivity contribution in [2.45, 2.75) is 31.5 Å². The topological polar surface area (TPSA) is 185 Å². The summed E-state index contributed by atoms with van der Waals surface area (Å²) in [6.07, 6.45) is -1.72. The van der Waals surface area contributed by atoms with E-state index < -0.39 is 40.7 Å². The van der Waals surface area contributed by atoms with E-state index in [1.807, 2.05) is 11.8 Å². The average Bonchev–Trinajstić information content (AvgIpc) is 2.97. The number of hydrogen-bond donors (Lipinski definition) is 4. The molecular formula is C26H29F3N10O4. The fourth-order valence-corrected chi connectivity index (χ4v) is 4.91. The highest BCUT2D eigenvalue weighted by atomic mass is 19.4. The number of nitrogens with one attached hydrogen (secondary N) is 2. The molecule has 2 aliphatic heterocycles. The summed E-state index contributed by atoms with van der Waals surface area (Å²) in [5.74, 6) is -0.910. The van der Waals surface area contributed by atoms with Crippen LogP contribution in [0.5, 0.6) is 0 Å². The summed E-state index contributed by atoms with van der Waals surface area (Å²) in [5, 5.41) is 14.3. The molecule has 5 rings (SSSR count). The van der Waals surface area contributed by atoms with Gasteiger partial charge in [0.25, 0.3) is 5.91 Å². The van der Waals surface area contributed by atoms with Crippen molar-refractivity contribution in [3.8, 4) is 11.4 Å². The van der Waals surface area contributed by atoms with Crippen LogP contribution >= 0.6 is 0 Å². The number of morpholine rings is 1. The maximum Gasteiger partial charge on any atom is 0.420 e. The number of piperidine rings is 1. The lowest BCUT2D eigenvalue weighted by Gasteiger charge is -2.40. The second-order valence-electron chi connectivity index (χ2n) is 10.3. The molecule has 3 aromatic heterocycles. The highest BCUT2D eigenvalue weighted by Gasteiger charge is 2.37. The Morgan fingerprint density at radius 3 is 2.44 bits per heavy atom. The molecule has 5 N–H and O–H groups in total. The molecule has 2 saturated heterocycles. The number of nitrogens with zero attached hydrogens (tertiary/aromatic N) is 7. The number of rotatable bonds is 6. The number of carbonyl (C=O) groups is 2. The molecule has 14 nitrogen and oxygen atoms in total. The van der Waals surface area contributed by atoms with E-state index in [1.54, 1.807) is 17.0 Å². The van der Waals surface area contributed by atoms with Crippen LogP contribution in [-0.4, -0.2) is 87.0 Å². The molecule has 0 bridgehead atoms. The molecule has 0 atom stereocenters. The Morgan fingerprint density at radius 1 is 1.05 bits per heavy atom. The number of aromatic nitrogens is 5. The first-order chi connectivity index (χ1) is 20.4. The summed E-state index contributed by atoms with van der Waals surface area (Å²) >= 11 is 0. The Bertz CT molecular complexity index is 1510. The molecule has 228 valence electrons. The number of nitrogen functional groups attached to an aromatic ring is 1. The fourth-order valence-electron chi connectivity index (χ4n) is 4.91. The number of pyridine rings is 1. The molecule has 17 heteroatoms.